The highest BCUT2D eigenvalue weighted by Gasteiger charge is 2.30. The molecule has 0 saturated heterocycles. The van der Waals surface area contributed by atoms with Gasteiger partial charge in [-0.1, -0.05) is 31.0 Å². The normalized spacial score (nSPS) is 13.4. The van der Waals surface area contributed by atoms with Crippen molar-refractivity contribution in [2.75, 3.05) is 18.9 Å². The molecule has 1 unspecified atom stereocenters. The predicted molar refractivity (Wildman–Crippen MR) is 85.2 cm³/mol. The summed E-state index contributed by atoms with van der Waals surface area (Å²) in [5.41, 5.74) is 5.63. The molecule has 21 heavy (non-hydrogen) atoms. The lowest BCUT2D eigenvalue weighted by atomic mass is 9.96. The molecule has 3 N–H and O–H groups in total. The number of halogens is 1. The number of amides is 2. The fourth-order valence-electron chi connectivity index (χ4n) is 2.12. The van der Waals surface area contributed by atoms with Gasteiger partial charge in [0.1, 0.15) is 0 Å². The molecular formula is C15H22ClN3O2. The Bertz CT molecular complexity index is 517. The molecule has 2 amide bonds. The molecule has 6 heteroatoms. The highest BCUT2D eigenvalue weighted by atomic mass is 35.5. The van der Waals surface area contributed by atoms with Gasteiger partial charge in [-0.25, -0.2) is 0 Å². The molecule has 0 aliphatic heterocycles. The van der Waals surface area contributed by atoms with Crippen LogP contribution in [0.1, 0.15) is 26.7 Å². The van der Waals surface area contributed by atoms with E-state index in [0.717, 1.165) is 6.42 Å². The number of nitrogens with zero attached hydrogens (tertiary/aromatic N) is 1. The molecule has 1 aromatic carbocycles. The molecule has 0 saturated carbocycles. The molecule has 0 aliphatic carbocycles. The quantitative estimate of drug-likeness (QED) is 0.846. The highest BCUT2D eigenvalue weighted by Crippen LogP contribution is 2.15. The Morgan fingerprint density at radius 1 is 1.43 bits per heavy atom. The third-order valence-electron chi connectivity index (χ3n) is 3.09. The zero-order chi connectivity index (χ0) is 16.0. The summed E-state index contributed by atoms with van der Waals surface area (Å²) in [4.78, 5) is 25.5. The summed E-state index contributed by atoms with van der Waals surface area (Å²) in [6.07, 6.45) is 1.38. The highest BCUT2D eigenvalue weighted by molar-refractivity contribution is 6.30. The van der Waals surface area contributed by atoms with Crippen molar-refractivity contribution in [1.82, 2.24) is 4.90 Å². The van der Waals surface area contributed by atoms with Crippen molar-refractivity contribution < 1.29 is 9.59 Å². The Morgan fingerprint density at radius 2 is 2.10 bits per heavy atom. The molecule has 0 spiro atoms. The SMILES string of the molecule is CCCC(C)(N)C(=O)N(C)CC(=O)Nc1cccc(Cl)c1. The fourth-order valence-corrected chi connectivity index (χ4v) is 2.31. The monoisotopic (exact) mass is 311 g/mol. The lowest BCUT2D eigenvalue weighted by Gasteiger charge is -2.28. The predicted octanol–water partition coefficient (Wildman–Crippen LogP) is 2.25. The minimum absolute atomic E-state index is 0.0537. The van der Waals surface area contributed by atoms with Crippen LogP contribution < -0.4 is 11.1 Å². The van der Waals surface area contributed by atoms with Gasteiger partial charge in [0.05, 0.1) is 12.1 Å². The van der Waals surface area contributed by atoms with E-state index in [2.05, 4.69) is 5.32 Å². The maximum Gasteiger partial charge on any atom is 0.243 e. The summed E-state index contributed by atoms with van der Waals surface area (Å²) in [6.45, 7) is 3.59. The standard InChI is InChI=1S/C15H22ClN3O2/c1-4-8-15(2,17)14(21)19(3)10-13(20)18-12-7-5-6-11(16)9-12/h5-7,9H,4,8,10,17H2,1-3H3,(H,18,20). The molecule has 5 nitrogen and oxygen atoms in total. The number of benzene rings is 1. The number of carbonyl (C=O) groups is 2. The van der Waals surface area contributed by atoms with Crippen LogP contribution >= 0.6 is 11.6 Å². The van der Waals surface area contributed by atoms with Gasteiger partial charge in [-0.05, 0) is 31.5 Å². The van der Waals surface area contributed by atoms with Gasteiger partial charge in [0.15, 0.2) is 0 Å². The van der Waals surface area contributed by atoms with Gasteiger partial charge in [0.25, 0.3) is 0 Å². The lowest BCUT2D eigenvalue weighted by Crippen LogP contribution is -2.53. The molecule has 1 atom stereocenters. The maximum atomic E-state index is 12.2. The number of rotatable bonds is 6. The summed E-state index contributed by atoms with van der Waals surface area (Å²) < 4.78 is 0. The van der Waals surface area contributed by atoms with Gasteiger partial charge in [0.2, 0.25) is 11.8 Å². The molecule has 0 radical (unpaired) electrons. The van der Waals surface area contributed by atoms with Crippen LogP contribution in [0.5, 0.6) is 0 Å². The van der Waals surface area contributed by atoms with Crippen LogP contribution in [0.25, 0.3) is 0 Å². The third kappa shape index (κ3) is 5.36. The van der Waals surface area contributed by atoms with Crippen LogP contribution in [0.3, 0.4) is 0 Å². The molecular weight excluding hydrogens is 290 g/mol. The maximum absolute atomic E-state index is 12.2. The molecule has 0 aromatic heterocycles. The van der Waals surface area contributed by atoms with E-state index in [9.17, 15) is 9.59 Å². The molecule has 1 rings (SSSR count). The number of carbonyl (C=O) groups excluding carboxylic acids is 2. The number of nitrogens with one attached hydrogen (secondary N) is 1. The zero-order valence-electron chi connectivity index (χ0n) is 12.6. The van der Waals surface area contributed by atoms with Crippen molar-refractivity contribution in [3.63, 3.8) is 0 Å². The number of likely N-dealkylation sites (N-methyl/N-ethyl adjacent to an activating group) is 1. The largest absolute Gasteiger partial charge is 0.335 e. The van der Waals surface area contributed by atoms with Crippen molar-refractivity contribution in [1.29, 1.82) is 0 Å². The summed E-state index contributed by atoms with van der Waals surface area (Å²) in [7, 11) is 1.57. The second kappa shape index (κ2) is 7.43. The smallest absolute Gasteiger partial charge is 0.243 e. The average molecular weight is 312 g/mol. The minimum Gasteiger partial charge on any atom is -0.335 e. The van der Waals surface area contributed by atoms with E-state index in [4.69, 9.17) is 17.3 Å². The van der Waals surface area contributed by atoms with Gasteiger partial charge in [-0.3, -0.25) is 9.59 Å². The minimum atomic E-state index is -0.945. The second-order valence-electron chi connectivity index (χ2n) is 5.39. The Balaban J connectivity index is 2.60. The van der Waals surface area contributed by atoms with Gasteiger partial charge in [0, 0.05) is 17.8 Å². The number of nitrogens with two attached hydrogens (primary N) is 1. The number of hydrogen-bond acceptors (Lipinski definition) is 3. The summed E-state index contributed by atoms with van der Waals surface area (Å²) in [5, 5.41) is 3.23. The van der Waals surface area contributed by atoms with Crippen LogP contribution in [-0.2, 0) is 9.59 Å². The van der Waals surface area contributed by atoms with Crippen LogP contribution in [0.15, 0.2) is 24.3 Å². The van der Waals surface area contributed by atoms with Crippen LogP contribution in [-0.4, -0.2) is 35.8 Å². The Labute approximate surface area is 130 Å². The van der Waals surface area contributed by atoms with Gasteiger partial charge >= 0.3 is 0 Å². The Hall–Kier alpha value is -1.59. The molecule has 0 fully saturated rings. The first-order valence-electron chi connectivity index (χ1n) is 6.86. The van der Waals surface area contributed by atoms with E-state index in [-0.39, 0.29) is 18.4 Å². The van der Waals surface area contributed by atoms with E-state index >= 15 is 0 Å². The van der Waals surface area contributed by atoms with Crippen molar-refractivity contribution in [3.8, 4) is 0 Å². The molecule has 1 aromatic rings. The molecule has 0 heterocycles. The molecule has 116 valence electrons. The topological polar surface area (TPSA) is 75.4 Å². The van der Waals surface area contributed by atoms with Crippen molar-refractivity contribution in [2.45, 2.75) is 32.2 Å². The Morgan fingerprint density at radius 3 is 2.67 bits per heavy atom. The third-order valence-corrected chi connectivity index (χ3v) is 3.33. The first-order valence-corrected chi connectivity index (χ1v) is 7.24. The summed E-state index contributed by atoms with van der Waals surface area (Å²) in [5.74, 6) is -0.536. The molecule has 0 bridgehead atoms. The van der Waals surface area contributed by atoms with Crippen molar-refractivity contribution in [2.24, 2.45) is 5.73 Å². The first kappa shape index (κ1) is 17.5. The zero-order valence-corrected chi connectivity index (χ0v) is 13.4. The van der Waals surface area contributed by atoms with E-state index in [1.807, 2.05) is 6.92 Å². The lowest BCUT2D eigenvalue weighted by molar-refractivity contribution is -0.137. The van der Waals surface area contributed by atoms with Crippen LogP contribution in [0.4, 0.5) is 5.69 Å². The second-order valence-corrected chi connectivity index (χ2v) is 5.82. The van der Waals surface area contributed by atoms with Gasteiger partial charge in [-0.15, -0.1) is 0 Å². The number of anilines is 1. The fraction of sp³-hybridized carbons (Fsp3) is 0.467. The van der Waals surface area contributed by atoms with Crippen LogP contribution in [0, 0.1) is 0 Å². The van der Waals surface area contributed by atoms with E-state index in [1.54, 1.807) is 38.2 Å². The molecule has 0 aliphatic rings. The van der Waals surface area contributed by atoms with E-state index in [0.29, 0.717) is 17.1 Å². The van der Waals surface area contributed by atoms with Gasteiger partial charge < -0.3 is 16.0 Å². The number of hydrogen-bond donors (Lipinski definition) is 2. The average Bonchev–Trinajstić information content (AvgIpc) is 2.37. The van der Waals surface area contributed by atoms with Crippen molar-refractivity contribution in [3.05, 3.63) is 29.3 Å². The van der Waals surface area contributed by atoms with Gasteiger partial charge in [-0.2, -0.15) is 0 Å². The van der Waals surface area contributed by atoms with Crippen molar-refractivity contribution >= 4 is 29.1 Å². The summed E-state index contributed by atoms with van der Waals surface area (Å²) >= 11 is 5.85. The summed E-state index contributed by atoms with van der Waals surface area (Å²) in [6, 6.07) is 6.84. The first-order chi connectivity index (χ1) is 9.76. The van der Waals surface area contributed by atoms with Crippen LogP contribution in [0.2, 0.25) is 5.02 Å². The van der Waals surface area contributed by atoms with E-state index < -0.39 is 5.54 Å². The Kier molecular flexibility index (Phi) is 6.18. The van der Waals surface area contributed by atoms with E-state index in [1.165, 1.54) is 4.90 Å².